The van der Waals surface area contributed by atoms with Crippen LogP contribution >= 0.6 is 0 Å². The van der Waals surface area contributed by atoms with E-state index in [1.165, 1.54) is 30.3 Å². The van der Waals surface area contributed by atoms with Gasteiger partial charge in [0.1, 0.15) is 18.5 Å². The van der Waals surface area contributed by atoms with Crippen molar-refractivity contribution in [2.45, 2.75) is 37.8 Å². The second-order valence-corrected chi connectivity index (χ2v) is 7.03. The summed E-state index contributed by atoms with van der Waals surface area (Å²) in [5.41, 5.74) is -0.574. The molecule has 9 heteroatoms. The zero-order valence-electron chi connectivity index (χ0n) is 15.7. The maximum absolute atomic E-state index is 13.8. The van der Waals surface area contributed by atoms with Crippen molar-refractivity contribution in [3.05, 3.63) is 71.0 Å². The summed E-state index contributed by atoms with van der Waals surface area (Å²) in [7, 11) is 0. The number of aliphatic hydroxyl groups excluding tert-OH is 1. The molecule has 1 N–H and O–H groups in total. The van der Waals surface area contributed by atoms with Crippen molar-refractivity contribution in [1.29, 1.82) is 0 Å². The first-order valence-electron chi connectivity index (χ1n) is 9.19. The normalized spacial score (nSPS) is 19.0. The van der Waals surface area contributed by atoms with E-state index in [0.29, 0.717) is 0 Å². The Morgan fingerprint density at radius 1 is 1.13 bits per heavy atom. The van der Waals surface area contributed by atoms with Gasteiger partial charge in [-0.25, -0.2) is 9.18 Å². The second-order valence-electron chi connectivity index (χ2n) is 7.03. The summed E-state index contributed by atoms with van der Waals surface area (Å²) in [4.78, 5) is 26.1. The zero-order valence-corrected chi connectivity index (χ0v) is 15.7. The number of carbonyl (C=O) groups excluding carboxylic acids is 2. The molecule has 1 heterocycles. The highest BCUT2D eigenvalue weighted by molar-refractivity contribution is 5.86. The highest BCUT2D eigenvalue weighted by Gasteiger charge is 2.40. The Hall–Kier alpha value is -2.94. The Kier molecular flexibility index (Phi) is 6.40. The van der Waals surface area contributed by atoms with E-state index in [1.54, 1.807) is 6.07 Å². The minimum Gasteiger partial charge on any atom is -0.459 e. The van der Waals surface area contributed by atoms with E-state index in [-0.39, 0.29) is 30.5 Å². The van der Waals surface area contributed by atoms with Crippen molar-refractivity contribution in [3.8, 4) is 0 Å². The van der Waals surface area contributed by atoms with Gasteiger partial charge < -0.3 is 14.7 Å². The lowest BCUT2D eigenvalue weighted by Crippen LogP contribution is -2.42. The molecule has 2 atom stereocenters. The average molecular weight is 425 g/mol. The van der Waals surface area contributed by atoms with E-state index in [4.69, 9.17) is 4.74 Å². The maximum Gasteiger partial charge on any atom is 0.416 e. The summed E-state index contributed by atoms with van der Waals surface area (Å²) >= 11 is 0. The number of nitrogens with zero attached hydrogens (tertiary/aromatic N) is 1. The minimum absolute atomic E-state index is 0.0650. The van der Waals surface area contributed by atoms with Gasteiger partial charge in [-0.1, -0.05) is 30.3 Å². The third-order valence-electron chi connectivity index (χ3n) is 4.81. The standard InChI is InChI=1S/C21H19F4NO4/c22-17-7-2-1-5-14(17)9-19(28)26-11-16(27)10-18(26)20(29)30-12-13-4-3-6-15(8-13)21(23,24)25/h1-8,16,18,27H,9-12H2. The molecule has 1 saturated heterocycles. The molecule has 0 aromatic heterocycles. The summed E-state index contributed by atoms with van der Waals surface area (Å²) in [5.74, 6) is -1.96. The second kappa shape index (κ2) is 8.83. The smallest absolute Gasteiger partial charge is 0.416 e. The van der Waals surface area contributed by atoms with E-state index >= 15 is 0 Å². The van der Waals surface area contributed by atoms with E-state index in [9.17, 15) is 32.3 Å². The van der Waals surface area contributed by atoms with Crippen LogP contribution in [0.5, 0.6) is 0 Å². The van der Waals surface area contributed by atoms with Gasteiger partial charge in [0.2, 0.25) is 5.91 Å². The molecule has 3 rings (SSSR count). The third-order valence-corrected chi connectivity index (χ3v) is 4.81. The number of benzene rings is 2. The number of esters is 1. The molecule has 0 radical (unpaired) electrons. The number of amides is 1. The Labute approximate surface area is 169 Å². The first-order chi connectivity index (χ1) is 14.1. The fraction of sp³-hybridized carbons (Fsp3) is 0.333. The van der Waals surface area contributed by atoms with Crippen LogP contribution in [-0.2, 0) is 33.5 Å². The molecule has 2 aromatic rings. The molecule has 1 amide bonds. The van der Waals surface area contributed by atoms with Crippen LogP contribution in [0.1, 0.15) is 23.1 Å². The van der Waals surface area contributed by atoms with E-state index in [2.05, 4.69) is 0 Å². The monoisotopic (exact) mass is 425 g/mol. The predicted molar refractivity (Wildman–Crippen MR) is 97.5 cm³/mol. The average Bonchev–Trinajstić information content (AvgIpc) is 3.09. The molecule has 0 bridgehead atoms. The van der Waals surface area contributed by atoms with Crippen LogP contribution in [0, 0.1) is 5.82 Å². The molecule has 5 nitrogen and oxygen atoms in total. The minimum atomic E-state index is -4.52. The van der Waals surface area contributed by atoms with Crippen molar-refractivity contribution in [2.24, 2.45) is 0 Å². The fourth-order valence-electron chi connectivity index (χ4n) is 3.31. The van der Waals surface area contributed by atoms with Crippen molar-refractivity contribution >= 4 is 11.9 Å². The highest BCUT2D eigenvalue weighted by atomic mass is 19.4. The Balaban J connectivity index is 1.65. The van der Waals surface area contributed by atoms with Crippen LogP contribution in [-0.4, -0.2) is 40.6 Å². The van der Waals surface area contributed by atoms with Gasteiger partial charge >= 0.3 is 12.1 Å². The number of hydrogen-bond acceptors (Lipinski definition) is 4. The van der Waals surface area contributed by atoms with Gasteiger partial charge in [-0.05, 0) is 29.3 Å². The molecular weight excluding hydrogens is 406 g/mol. The van der Waals surface area contributed by atoms with Crippen LogP contribution in [0.3, 0.4) is 0 Å². The van der Waals surface area contributed by atoms with Crippen molar-refractivity contribution in [3.63, 3.8) is 0 Å². The van der Waals surface area contributed by atoms with Crippen LogP contribution in [0.15, 0.2) is 48.5 Å². The van der Waals surface area contributed by atoms with Crippen LogP contribution in [0.4, 0.5) is 17.6 Å². The van der Waals surface area contributed by atoms with Gasteiger partial charge in [-0.15, -0.1) is 0 Å². The van der Waals surface area contributed by atoms with Gasteiger partial charge in [-0.3, -0.25) is 4.79 Å². The van der Waals surface area contributed by atoms with Gasteiger partial charge in [0.15, 0.2) is 0 Å². The summed E-state index contributed by atoms with van der Waals surface area (Å²) in [6.07, 6.45) is -5.84. The molecule has 2 aromatic carbocycles. The Bertz CT molecular complexity index is 931. The van der Waals surface area contributed by atoms with E-state index in [1.807, 2.05) is 0 Å². The number of halogens is 4. The number of likely N-dealkylation sites (tertiary alicyclic amines) is 1. The van der Waals surface area contributed by atoms with Gasteiger partial charge in [0, 0.05) is 13.0 Å². The van der Waals surface area contributed by atoms with Crippen molar-refractivity contribution in [2.75, 3.05) is 6.54 Å². The lowest BCUT2D eigenvalue weighted by molar-refractivity contribution is -0.154. The van der Waals surface area contributed by atoms with E-state index < -0.39 is 48.2 Å². The predicted octanol–water partition coefficient (Wildman–Crippen LogP) is 3.09. The van der Waals surface area contributed by atoms with Gasteiger partial charge in [0.05, 0.1) is 18.1 Å². The number of ether oxygens (including phenoxy) is 1. The van der Waals surface area contributed by atoms with Crippen molar-refractivity contribution < 1.29 is 37.0 Å². The summed E-state index contributed by atoms with van der Waals surface area (Å²) in [6.45, 7) is -0.526. The lowest BCUT2D eigenvalue weighted by atomic mass is 10.1. The summed E-state index contributed by atoms with van der Waals surface area (Å²) in [6, 6.07) is 8.98. The molecule has 160 valence electrons. The molecule has 0 aliphatic carbocycles. The topological polar surface area (TPSA) is 66.8 Å². The lowest BCUT2D eigenvalue weighted by Gasteiger charge is -2.23. The Morgan fingerprint density at radius 3 is 2.57 bits per heavy atom. The van der Waals surface area contributed by atoms with Crippen molar-refractivity contribution in [1.82, 2.24) is 4.90 Å². The largest absolute Gasteiger partial charge is 0.459 e. The first kappa shape index (κ1) is 21.8. The maximum atomic E-state index is 13.8. The number of alkyl halides is 3. The van der Waals surface area contributed by atoms with Gasteiger partial charge in [0.25, 0.3) is 0 Å². The quantitative estimate of drug-likeness (QED) is 0.591. The summed E-state index contributed by atoms with van der Waals surface area (Å²) in [5, 5.41) is 9.90. The number of aliphatic hydroxyl groups is 1. The molecule has 0 spiro atoms. The first-order valence-corrected chi connectivity index (χ1v) is 9.19. The molecule has 1 fully saturated rings. The highest BCUT2D eigenvalue weighted by Crippen LogP contribution is 2.30. The number of β-amino-alcohol motifs (C(OH)–C–C–N with tert-alkyl or cyclic N) is 1. The fourth-order valence-corrected chi connectivity index (χ4v) is 3.31. The number of carbonyl (C=O) groups is 2. The molecule has 1 aliphatic rings. The SMILES string of the molecule is O=C(OCc1cccc(C(F)(F)F)c1)C1CC(O)CN1C(=O)Cc1ccccc1F. The number of rotatable bonds is 5. The molecule has 0 saturated carbocycles. The number of hydrogen-bond donors (Lipinski definition) is 1. The molecule has 30 heavy (non-hydrogen) atoms. The molecule has 2 unspecified atom stereocenters. The zero-order chi connectivity index (χ0) is 21.9. The summed E-state index contributed by atoms with van der Waals surface area (Å²) < 4.78 is 57.3. The van der Waals surface area contributed by atoms with E-state index in [0.717, 1.165) is 17.0 Å². The third kappa shape index (κ3) is 5.15. The van der Waals surface area contributed by atoms with Crippen LogP contribution in [0.2, 0.25) is 0 Å². The van der Waals surface area contributed by atoms with Crippen LogP contribution in [0.25, 0.3) is 0 Å². The van der Waals surface area contributed by atoms with Gasteiger partial charge in [-0.2, -0.15) is 13.2 Å². The molecule has 1 aliphatic heterocycles. The Morgan fingerprint density at radius 2 is 1.87 bits per heavy atom. The molecular formula is C21H19F4NO4. The van der Waals surface area contributed by atoms with Crippen LogP contribution < -0.4 is 0 Å².